The normalized spacial score (nSPS) is 36.9. The average Bonchev–Trinajstić information content (AvgIpc) is 2.62. The molecule has 3 atom stereocenters. The number of aromatic nitrogens is 1. The van der Waals surface area contributed by atoms with Crippen molar-refractivity contribution in [2.24, 2.45) is 16.7 Å². The molecule has 0 saturated heterocycles. The molecular weight excluding hydrogens is 244 g/mol. The summed E-state index contributed by atoms with van der Waals surface area (Å²) in [4.78, 5) is 4.35. The Morgan fingerprint density at radius 2 is 2.11 bits per heavy atom. The molecule has 2 saturated carbocycles. The van der Waals surface area contributed by atoms with Gasteiger partial charge in [-0.05, 0) is 48.1 Å². The van der Waals surface area contributed by atoms with Crippen LogP contribution in [0.15, 0.2) is 18.2 Å². The van der Waals surface area contributed by atoms with Gasteiger partial charge in [0.15, 0.2) is 0 Å². The number of pyridine rings is 1. The minimum absolute atomic E-state index is 0.377. The predicted molar refractivity (Wildman–Crippen MR) is 75.9 cm³/mol. The first-order chi connectivity index (χ1) is 8.43. The van der Waals surface area contributed by atoms with E-state index in [1.807, 2.05) is 18.2 Å². The van der Waals surface area contributed by atoms with E-state index in [0.29, 0.717) is 22.0 Å². The smallest absolute Gasteiger partial charge is 0.131 e. The second-order valence-corrected chi connectivity index (χ2v) is 7.04. The first-order valence-corrected chi connectivity index (χ1v) is 7.20. The molecule has 0 aromatic carbocycles. The van der Waals surface area contributed by atoms with Gasteiger partial charge in [-0.2, -0.15) is 0 Å². The molecule has 98 valence electrons. The third-order valence-corrected chi connectivity index (χ3v) is 6.04. The maximum absolute atomic E-state index is 5.95. The molecular formula is C15H21ClN2. The number of hydrogen-bond acceptors (Lipinski definition) is 2. The highest BCUT2D eigenvalue weighted by molar-refractivity contribution is 6.29. The fourth-order valence-electron chi connectivity index (χ4n) is 4.09. The topological polar surface area (TPSA) is 24.9 Å². The maximum atomic E-state index is 5.95. The van der Waals surface area contributed by atoms with Crippen molar-refractivity contribution < 1.29 is 0 Å². The molecule has 18 heavy (non-hydrogen) atoms. The first-order valence-electron chi connectivity index (χ1n) is 6.82. The molecule has 2 nitrogen and oxygen atoms in total. The molecule has 0 radical (unpaired) electrons. The van der Waals surface area contributed by atoms with Gasteiger partial charge in [-0.25, -0.2) is 4.98 Å². The highest BCUT2D eigenvalue weighted by Crippen LogP contribution is 2.65. The molecule has 2 aliphatic carbocycles. The monoisotopic (exact) mass is 264 g/mol. The van der Waals surface area contributed by atoms with E-state index in [1.165, 1.54) is 19.3 Å². The largest absolute Gasteiger partial charge is 0.367 e. The zero-order valence-corrected chi connectivity index (χ0v) is 12.1. The molecule has 2 fully saturated rings. The molecule has 3 unspecified atom stereocenters. The van der Waals surface area contributed by atoms with E-state index in [4.69, 9.17) is 11.6 Å². The Balaban J connectivity index is 1.84. The summed E-state index contributed by atoms with van der Waals surface area (Å²) >= 11 is 5.95. The SMILES string of the molecule is CC1(C)C2CCC1(C)C(Nc1cccc(Cl)n1)C2. The molecule has 0 amide bonds. The van der Waals surface area contributed by atoms with Crippen LogP contribution in [0.5, 0.6) is 0 Å². The lowest BCUT2D eigenvalue weighted by molar-refractivity contribution is 0.142. The number of halogens is 1. The van der Waals surface area contributed by atoms with Gasteiger partial charge in [0.05, 0.1) is 0 Å². The van der Waals surface area contributed by atoms with Crippen molar-refractivity contribution in [3.63, 3.8) is 0 Å². The van der Waals surface area contributed by atoms with Gasteiger partial charge >= 0.3 is 0 Å². The summed E-state index contributed by atoms with van der Waals surface area (Å²) < 4.78 is 0. The van der Waals surface area contributed by atoms with Gasteiger partial charge in [0, 0.05) is 6.04 Å². The van der Waals surface area contributed by atoms with Crippen molar-refractivity contribution in [1.82, 2.24) is 4.98 Å². The van der Waals surface area contributed by atoms with Crippen LogP contribution in [0.4, 0.5) is 5.82 Å². The van der Waals surface area contributed by atoms with Crippen LogP contribution in [-0.2, 0) is 0 Å². The summed E-state index contributed by atoms with van der Waals surface area (Å²) in [5, 5.41) is 4.18. The van der Waals surface area contributed by atoms with Crippen LogP contribution in [0, 0.1) is 16.7 Å². The van der Waals surface area contributed by atoms with Crippen molar-refractivity contribution in [3.8, 4) is 0 Å². The highest BCUT2D eigenvalue weighted by Gasteiger charge is 2.61. The van der Waals surface area contributed by atoms with E-state index in [1.54, 1.807) is 0 Å². The van der Waals surface area contributed by atoms with E-state index >= 15 is 0 Å². The van der Waals surface area contributed by atoms with E-state index in [0.717, 1.165) is 11.7 Å². The Morgan fingerprint density at radius 1 is 1.33 bits per heavy atom. The number of rotatable bonds is 2. The Kier molecular flexibility index (Phi) is 2.64. The molecule has 2 bridgehead atoms. The lowest BCUT2D eigenvalue weighted by Crippen LogP contribution is -2.40. The van der Waals surface area contributed by atoms with Crippen molar-refractivity contribution in [3.05, 3.63) is 23.4 Å². The standard InChI is InChI=1S/C15H21ClN2/c1-14(2)10-7-8-15(14,3)11(9-10)17-13-6-4-5-12(16)18-13/h4-6,10-11H,7-9H2,1-3H3,(H,17,18). The van der Waals surface area contributed by atoms with E-state index in [2.05, 4.69) is 31.1 Å². The van der Waals surface area contributed by atoms with E-state index < -0.39 is 0 Å². The van der Waals surface area contributed by atoms with E-state index in [-0.39, 0.29) is 0 Å². The van der Waals surface area contributed by atoms with Crippen LogP contribution < -0.4 is 5.32 Å². The van der Waals surface area contributed by atoms with Gasteiger partial charge in [-0.15, -0.1) is 0 Å². The van der Waals surface area contributed by atoms with Crippen molar-refractivity contribution in [2.75, 3.05) is 5.32 Å². The third kappa shape index (κ3) is 1.58. The van der Waals surface area contributed by atoms with Gasteiger partial charge in [-0.3, -0.25) is 0 Å². The Hall–Kier alpha value is -0.760. The zero-order valence-electron chi connectivity index (χ0n) is 11.3. The van der Waals surface area contributed by atoms with Crippen molar-refractivity contribution in [2.45, 2.75) is 46.1 Å². The number of anilines is 1. The lowest BCUT2D eigenvalue weighted by atomic mass is 9.69. The van der Waals surface area contributed by atoms with Crippen molar-refractivity contribution in [1.29, 1.82) is 0 Å². The molecule has 1 heterocycles. The van der Waals surface area contributed by atoms with Gasteiger partial charge in [0.25, 0.3) is 0 Å². The van der Waals surface area contributed by atoms with Crippen LogP contribution in [0.3, 0.4) is 0 Å². The zero-order chi connectivity index (χ0) is 13.0. The summed E-state index contributed by atoms with van der Waals surface area (Å²) in [5.41, 5.74) is 0.810. The minimum atomic E-state index is 0.377. The molecule has 0 aliphatic heterocycles. The number of nitrogens with one attached hydrogen (secondary N) is 1. The summed E-state index contributed by atoms with van der Waals surface area (Å²) in [6.45, 7) is 7.29. The Bertz CT molecular complexity index is 471. The molecule has 1 aromatic rings. The summed E-state index contributed by atoms with van der Waals surface area (Å²) in [6, 6.07) is 6.31. The lowest BCUT2D eigenvalue weighted by Gasteiger charge is -2.39. The molecule has 2 aliphatic rings. The van der Waals surface area contributed by atoms with Crippen LogP contribution in [0.1, 0.15) is 40.0 Å². The molecule has 1 aromatic heterocycles. The first kappa shape index (κ1) is 12.3. The summed E-state index contributed by atoms with van der Waals surface area (Å²) in [6.07, 6.45) is 3.96. The molecule has 3 heteroatoms. The van der Waals surface area contributed by atoms with Crippen LogP contribution in [0.2, 0.25) is 5.15 Å². The quantitative estimate of drug-likeness (QED) is 0.803. The molecule has 1 N–H and O–H groups in total. The highest BCUT2D eigenvalue weighted by atomic mass is 35.5. The summed E-state index contributed by atoms with van der Waals surface area (Å²) in [5.74, 6) is 1.76. The summed E-state index contributed by atoms with van der Waals surface area (Å²) in [7, 11) is 0. The maximum Gasteiger partial charge on any atom is 0.131 e. The van der Waals surface area contributed by atoms with Crippen LogP contribution in [0.25, 0.3) is 0 Å². The molecule has 0 spiro atoms. The van der Waals surface area contributed by atoms with Crippen LogP contribution in [-0.4, -0.2) is 11.0 Å². The second kappa shape index (κ2) is 3.86. The fraction of sp³-hybridized carbons (Fsp3) is 0.667. The van der Waals surface area contributed by atoms with Crippen LogP contribution >= 0.6 is 11.6 Å². The second-order valence-electron chi connectivity index (χ2n) is 6.65. The van der Waals surface area contributed by atoms with Crippen molar-refractivity contribution >= 4 is 17.4 Å². The fourth-order valence-corrected chi connectivity index (χ4v) is 4.25. The van der Waals surface area contributed by atoms with Gasteiger partial charge in [0.2, 0.25) is 0 Å². The Labute approximate surface area is 114 Å². The van der Waals surface area contributed by atoms with Gasteiger partial charge in [0.1, 0.15) is 11.0 Å². The van der Waals surface area contributed by atoms with E-state index in [9.17, 15) is 0 Å². The minimum Gasteiger partial charge on any atom is -0.367 e. The number of nitrogens with zero attached hydrogens (tertiary/aromatic N) is 1. The predicted octanol–water partition coefficient (Wildman–Crippen LogP) is 4.36. The number of fused-ring (bicyclic) bond motifs is 2. The third-order valence-electron chi connectivity index (χ3n) is 5.83. The Morgan fingerprint density at radius 3 is 2.67 bits per heavy atom. The molecule has 3 rings (SSSR count). The number of hydrogen-bond donors (Lipinski definition) is 1. The average molecular weight is 265 g/mol. The van der Waals surface area contributed by atoms with Gasteiger partial charge < -0.3 is 5.32 Å². The van der Waals surface area contributed by atoms with Gasteiger partial charge in [-0.1, -0.05) is 38.4 Å².